The number of pyridine rings is 1. The number of hydrogen-bond acceptors (Lipinski definition) is 0. The summed E-state index contributed by atoms with van der Waals surface area (Å²) in [5.41, 5.74) is 15.4. The normalized spacial score (nSPS) is 13.5. The predicted octanol–water partition coefficient (Wildman–Crippen LogP) is 8.54. The van der Waals surface area contributed by atoms with Crippen LogP contribution in [0.4, 0.5) is 0 Å². The average Bonchev–Trinajstić information content (AvgIpc) is 3.57. The van der Waals surface area contributed by atoms with Crippen LogP contribution in [0.25, 0.3) is 60.3 Å². The van der Waals surface area contributed by atoms with Crippen LogP contribution >= 0.6 is 0 Å². The lowest BCUT2D eigenvalue weighted by molar-refractivity contribution is 1.21. The largest absolute Gasteiger partial charge is 0.309 e. The summed E-state index contributed by atoms with van der Waals surface area (Å²) < 4.78 is 2.45. The molecular formula is C34H21N. The summed E-state index contributed by atoms with van der Waals surface area (Å²) in [6.45, 7) is 0. The third-order valence-corrected chi connectivity index (χ3v) is 8.35. The molecule has 2 aromatic heterocycles. The Hall–Kier alpha value is -4.36. The highest BCUT2D eigenvalue weighted by atomic mass is 14.9. The molecule has 0 radical (unpaired) electrons. The topological polar surface area (TPSA) is 4.41 Å². The van der Waals surface area contributed by atoms with Gasteiger partial charge in [-0.05, 0) is 99.1 Å². The van der Waals surface area contributed by atoms with Crippen LogP contribution < -0.4 is 0 Å². The van der Waals surface area contributed by atoms with Crippen LogP contribution in [0.15, 0.2) is 103 Å². The van der Waals surface area contributed by atoms with Gasteiger partial charge in [0.25, 0.3) is 0 Å². The van der Waals surface area contributed by atoms with Crippen molar-refractivity contribution >= 4 is 38.1 Å². The lowest BCUT2D eigenvalue weighted by Gasteiger charge is -2.12. The smallest absolute Gasteiger partial charge is 0.0547 e. The maximum atomic E-state index is 2.48. The van der Waals surface area contributed by atoms with E-state index in [-0.39, 0.29) is 0 Å². The summed E-state index contributed by atoms with van der Waals surface area (Å²) in [4.78, 5) is 0. The molecule has 0 unspecified atom stereocenters. The van der Waals surface area contributed by atoms with E-state index in [0.29, 0.717) is 0 Å². The zero-order chi connectivity index (χ0) is 22.7. The predicted molar refractivity (Wildman–Crippen MR) is 146 cm³/mol. The molecule has 162 valence electrons. The van der Waals surface area contributed by atoms with Crippen molar-refractivity contribution in [1.82, 2.24) is 4.40 Å². The van der Waals surface area contributed by atoms with Gasteiger partial charge in [-0.25, -0.2) is 0 Å². The van der Waals surface area contributed by atoms with E-state index in [9.17, 15) is 0 Å². The van der Waals surface area contributed by atoms with E-state index in [2.05, 4.69) is 108 Å². The number of aromatic nitrogens is 1. The molecule has 0 spiro atoms. The molecule has 7 aromatic rings. The van der Waals surface area contributed by atoms with E-state index in [0.717, 1.165) is 12.8 Å². The van der Waals surface area contributed by atoms with Crippen molar-refractivity contribution in [3.8, 4) is 22.3 Å². The Bertz CT molecular complexity index is 2050. The molecule has 2 heterocycles. The molecule has 9 rings (SSSR count). The van der Waals surface area contributed by atoms with E-state index in [1.807, 2.05) is 0 Å². The Morgan fingerprint density at radius 2 is 1.09 bits per heavy atom. The van der Waals surface area contributed by atoms with Gasteiger partial charge in [0.1, 0.15) is 0 Å². The minimum atomic E-state index is 1.02. The van der Waals surface area contributed by atoms with Crippen molar-refractivity contribution < 1.29 is 0 Å². The Kier molecular flexibility index (Phi) is 3.19. The number of rotatable bonds is 0. The lowest BCUT2D eigenvalue weighted by atomic mass is 9.96. The minimum absolute atomic E-state index is 1.02. The second kappa shape index (κ2) is 6.20. The number of hydrogen-bond donors (Lipinski definition) is 0. The third kappa shape index (κ3) is 2.24. The number of para-hydroxylation sites is 2. The van der Waals surface area contributed by atoms with Crippen molar-refractivity contribution in [3.05, 3.63) is 125 Å². The summed E-state index contributed by atoms with van der Waals surface area (Å²) in [6.07, 6.45) is 2.08. The monoisotopic (exact) mass is 443 g/mol. The molecule has 5 aromatic carbocycles. The second-order valence-electron chi connectivity index (χ2n) is 10.2. The first-order chi connectivity index (χ1) is 17.3. The molecule has 2 aliphatic carbocycles. The van der Waals surface area contributed by atoms with Gasteiger partial charge >= 0.3 is 0 Å². The van der Waals surface area contributed by atoms with Crippen LogP contribution in [0.5, 0.6) is 0 Å². The summed E-state index contributed by atoms with van der Waals surface area (Å²) in [6, 6.07) is 38.8. The van der Waals surface area contributed by atoms with Crippen LogP contribution in [0.3, 0.4) is 0 Å². The highest BCUT2D eigenvalue weighted by Gasteiger charge is 2.26. The Morgan fingerprint density at radius 3 is 2.03 bits per heavy atom. The van der Waals surface area contributed by atoms with Crippen LogP contribution in [0, 0.1) is 0 Å². The standard InChI is InChI=1S/C34H21N/c1-3-9-25-20(7-1)13-22-14-23-15-24-16-30-26-10-4-6-12-33(26)35-32-11-5-2-8-21(32)17-34(35)31(30)19-29(24)28(23)18-27(22)25/h1-12,14,16-19H,13,15H2. The maximum absolute atomic E-state index is 2.48. The molecule has 0 saturated carbocycles. The first kappa shape index (κ1) is 18.0. The summed E-state index contributed by atoms with van der Waals surface area (Å²) in [7, 11) is 0. The fourth-order valence-corrected chi connectivity index (χ4v) is 6.82. The molecule has 1 nitrogen and oxygen atoms in total. The lowest BCUT2D eigenvalue weighted by Crippen LogP contribution is -1.92. The van der Waals surface area contributed by atoms with E-state index in [4.69, 9.17) is 0 Å². The molecule has 0 bridgehead atoms. The van der Waals surface area contributed by atoms with Crippen molar-refractivity contribution in [2.45, 2.75) is 12.8 Å². The van der Waals surface area contributed by atoms with E-state index in [1.54, 1.807) is 0 Å². The van der Waals surface area contributed by atoms with Crippen LogP contribution in [-0.4, -0.2) is 4.40 Å². The van der Waals surface area contributed by atoms with E-state index >= 15 is 0 Å². The van der Waals surface area contributed by atoms with Crippen LogP contribution in [0.1, 0.15) is 22.3 Å². The molecule has 0 saturated heterocycles. The van der Waals surface area contributed by atoms with Gasteiger partial charge in [-0.3, -0.25) is 0 Å². The molecular weight excluding hydrogens is 422 g/mol. The fraction of sp³-hybridized carbons (Fsp3) is 0.0588. The van der Waals surface area contributed by atoms with Gasteiger partial charge in [0, 0.05) is 16.2 Å². The highest BCUT2D eigenvalue weighted by molar-refractivity contribution is 6.17. The average molecular weight is 444 g/mol. The quantitative estimate of drug-likeness (QED) is 0.207. The van der Waals surface area contributed by atoms with Gasteiger partial charge in [0.2, 0.25) is 0 Å². The van der Waals surface area contributed by atoms with Crippen LogP contribution in [-0.2, 0) is 12.8 Å². The van der Waals surface area contributed by atoms with Crippen molar-refractivity contribution in [2.75, 3.05) is 0 Å². The van der Waals surface area contributed by atoms with Crippen molar-refractivity contribution in [3.63, 3.8) is 0 Å². The van der Waals surface area contributed by atoms with E-state index in [1.165, 1.54) is 82.6 Å². The van der Waals surface area contributed by atoms with Gasteiger partial charge < -0.3 is 4.40 Å². The number of fused-ring (bicyclic) bond motifs is 14. The van der Waals surface area contributed by atoms with E-state index < -0.39 is 0 Å². The summed E-state index contributed by atoms with van der Waals surface area (Å²) in [5.74, 6) is 0. The maximum Gasteiger partial charge on any atom is 0.0547 e. The van der Waals surface area contributed by atoms with Gasteiger partial charge in [0.05, 0.1) is 16.6 Å². The Balaban J connectivity index is 1.40. The minimum Gasteiger partial charge on any atom is -0.309 e. The fourth-order valence-electron chi connectivity index (χ4n) is 6.82. The third-order valence-electron chi connectivity index (χ3n) is 8.35. The molecule has 0 aliphatic heterocycles. The molecule has 0 N–H and O–H groups in total. The number of benzene rings is 5. The zero-order valence-electron chi connectivity index (χ0n) is 19.2. The van der Waals surface area contributed by atoms with Crippen molar-refractivity contribution in [2.24, 2.45) is 0 Å². The van der Waals surface area contributed by atoms with Gasteiger partial charge in [-0.1, -0.05) is 66.7 Å². The highest BCUT2D eigenvalue weighted by Crippen LogP contribution is 2.47. The molecule has 0 fully saturated rings. The zero-order valence-corrected chi connectivity index (χ0v) is 19.2. The SMILES string of the molecule is c1ccc2c(c1)Cc1cc3c(cc1-2)-c1cc2c(cc1C3)c1ccccc1n1c3ccccc3cc21. The van der Waals surface area contributed by atoms with Gasteiger partial charge in [-0.15, -0.1) is 0 Å². The summed E-state index contributed by atoms with van der Waals surface area (Å²) >= 11 is 0. The van der Waals surface area contributed by atoms with Crippen LogP contribution in [0.2, 0.25) is 0 Å². The second-order valence-corrected chi connectivity index (χ2v) is 10.2. The summed E-state index contributed by atoms with van der Waals surface area (Å²) in [5, 5.41) is 5.32. The molecule has 35 heavy (non-hydrogen) atoms. The first-order valence-corrected chi connectivity index (χ1v) is 12.5. The molecule has 0 amide bonds. The molecule has 0 atom stereocenters. The number of nitrogens with zero attached hydrogens (tertiary/aromatic N) is 1. The Labute approximate surface area is 202 Å². The van der Waals surface area contributed by atoms with Gasteiger partial charge in [-0.2, -0.15) is 0 Å². The molecule has 1 heteroatoms. The molecule has 2 aliphatic rings. The first-order valence-electron chi connectivity index (χ1n) is 12.5. The Morgan fingerprint density at radius 1 is 0.400 bits per heavy atom. The van der Waals surface area contributed by atoms with Gasteiger partial charge in [0.15, 0.2) is 0 Å². The van der Waals surface area contributed by atoms with Crippen molar-refractivity contribution in [1.29, 1.82) is 0 Å².